The number of methoxy groups -OCH3 is 1. The van der Waals surface area contributed by atoms with Gasteiger partial charge in [-0.15, -0.1) is 0 Å². The molecule has 0 spiro atoms. The Kier molecular flexibility index (Phi) is 10.0. The average Bonchev–Trinajstić information content (AvgIpc) is 2.85. The van der Waals surface area contributed by atoms with Crippen molar-refractivity contribution >= 4 is 7.37 Å². The molecule has 0 radical (unpaired) electrons. The molecule has 0 aliphatic heterocycles. The third kappa shape index (κ3) is 8.10. The number of pyridine rings is 2. The molecule has 1 unspecified atom stereocenters. The number of halogens is 1. The second kappa shape index (κ2) is 12.8. The first-order valence-corrected chi connectivity index (χ1v) is 15.1. The average molecular weight is 544 g/mol. The van der Waals surface area contributed by atoms with Gasteiger partial charge in [0.15, 0.2) is 7.37 Å². The van der Waals surface area contributed by atoms with Gasteiger partial charge in [-0.05, 0) is 61.9 Å². The number of hydrogen-bond donors (Lipinski definition) is 1. The van der Waals surface area contributed by atoms with Gasteiger partial charge in [0.2, 0.25) is 11.8 Å². The minimum Gasteiger partial charge on any atom is -0.481 e. The van der Waals surface area contributed by atoms with Gasteiger partial charge >= 0.3 is 0 Å². The molecule has 0 aliphatic carbocycles. The molecular weight excluding hydrogens is 504 g/mol. The minimum atomic E-state index is -3.14. The number of ether oxygens (including phenoxy) is 2. The monoisotopic (exact) mass is 543 g/mol. The third-order valence-electron chi connectivity index (χ3n) is 6.51. The summed E-state index contributed by atoms with van der Waals surface area (Å²) in [6.45, 7) is 12.8. The van der Waals surface area contributed by atoms with Crippen LogP contribution < -0.4 is 9.47 Å². The first-order valence-electron chi connectivity index (χ1n) is 12.8. The normalized spacial score (nSPS) is 14.1. The van der Waals surface area contributed by atoms with E-state index in [2.05, 4.69) is 42.6 Å². The standard InChI is InChI=1S/C29H39FN3O4P/c1-19(2)33(20(3)4)16-24-12-22(8-9-25(24)26-14-28(36-6)32-15-27(26)30)17-37-29-13-23(10-11-31-29)21(5)18-38(7,34)35/h8-15,19-21H,16-18H2,1-7H3,(H,34,35)/t21-/m0/s1. The summed E-state index contributed by atoms with van der Waals surface area (Å²) in [5, 5.41) is 0. The molecule has 7 nitrogen and oxygen atoms in total. The molecule has 2 atom stereocenters. The van der Waals surface area contributed by atoms with E-state index >= 15 is 0 Å². The summed E-state index contributed by atoms with van der Waals surface area (Å²) in [6.07, 6.45) is 3.03. The van der Waals surface area contributed by atoms with Gasteiger partial charge in [0.1, 0.15) is 12.4 Å². The van der Waals surface area contributed by atoms with Gasteiger partial charge in [0.25, 0.3) is 0 Å². The van der Waals surface area contributed by atoms with Crippen LogP contribution in [-0.2, 0) is 17.7 Å². The Morgan fingerprint density at radius 2 is 1.71 bits per heavy atom. The molecule has 38 heavy (non-hydrogen) atoms. The van der Waals surface area contributed by atoms with Crippen molar-refractivity contribution < 1.29 is 23.3 Å². The van der Waals surface area contributed by atoms with Crippen LogP contribution in [0.4, 0.5) is 4.39 Å². The fourth-order valence-corrected chi connectivity index (χ4v) is 5.83. The molecule has 9 heteroatoms. The van der Waals surface area contributed by atoms with Crippen molar-refractivity contribution in [1.82, 2.24) is 14.9 Å². The van der Waals surface area contributed by atoms with Crippen LogP contribution >= 0.6 is 7.37 Å². The second-order valence-electron chi connectivity index (χ2n) is 10.4. The van der Waals surface area contributed by atoms with Crippen LogP contribution in [0.2, 0.25) is 0 Å². The fourth-order valence-electron chi connectivity index (χ4n) is 4.61. The Morgan fingerprint density at radius 3 is 2.34 bits per heavy atom. The molecule has 0 fully saturated rings. The molecule has 0 bridgehead atoms. The lowest BCUT2D eigenvalue weighted by molar-refractivity contribution is 0.166. The number of nitrogens with zero attached hydrogens (tertiary/aromatic N) is 3. The highest BCUT2D eigenvalue weighted by atomic mass is 31.2. The van der Waals surface area contributed by atoms with Crippen LogP contribution in [0.25, 0.3) is 11.1 Å². The van der Waals surface area contributed by atoms with Crippen LogP contribution in [0.1, 0.15) is 57.2 Å². The van der Waals surface area contributed by atoms with Crippen molar-refractivity contribution in [1.29, 1.82) is 0 Å². The van der Waals surface area contributed by atoms with E-state index in [9.17, 15) is 13.8 Å². The van der Waals surface area contributed by atoms with Gasteiger partial charge < -0.3 is 14.4 Å². The molecule has 2 aromatic heterocycles. The third-order valence-corrected chi connectivity index (χ3v) is 7.73. The van der Waals surface area contributed by atoms with Gasteiger partial charge in [-0.25, -0.2) is 14.4 Å². The molecule has 0 saturated carbocycles. The summed E-state index contributed by atoms with van der Waals surface area (Å²) in [5.41, 5.74) is 4.00. The van der Waals surface area contributed by atoms with Crippen LogP contribution in [0.3, 0.4) is 0 Å². The van der Waals surface area contributed by atoms with E-state index in [0.29, 0.717) is 36.0 Å². The quantitative estimate of drug-likeness (QED) is 0.261. The zero-order chi connectivity index (χ0) is 28.0. The minimum absolute atomic E-state index is 0.0997. The van der Waals surface area contributed by atoms with Crippen LogP contribution in [-0.4, -0.2) is 51.8 Å². The van der Waals surface area contributed by atoms with Gasteiger partial charge in [-0.2, -0.15) is 0 Å². The van der Waals surface area contributed by atoms with Gasteiger partial charge in [0, 0.05) is 55.3 Å². The summed E-state index contributed by atoms with van der Waals surface area (Å²) in [6, 6.07) is 11.7. The van der Waals surface area contributed by atoms with E-state index in [1.807, 2.05) is 37.3 Å². The van der Waals surface area contributed by atoms with E-state index in [1.165, 1.54) is 20.0 Å². The van der Waals surface area contributed by atoms with Crippen LogP contribution in [0, 0.1) is 5.82 Å². The Labute approximate surface area is 225 Å². The Morgan fingerprint density at radius 1 is 1.00 bits per heavy atom. The van der Waals surface area contributed by atoms with Gasteiger partial charge in [0.05, 0.1) is 13.3 Å². The summed E-state index contributed by atoms with van der Waals surface area (Å²) in [5.74, 6) is 0.286. The molecule has 3 aromatic rings. The summed E-state index contributed by atoms with van der Waals surface area (Å²) in [4.78, 5) is 20.4. The van der Waals surface area contributed by atoms with Crippen LogP contribution in [0.5, 0.6) is 11.8 Å². The zero-order valence-electron chi connectivity index (χ0n) is 23.3. The van der Waals surface area contributed by atoms with E-state index in [-0.39, 0.29) is 18.7 Å². The van der Waals surface area contributed by atoms with Crippen molar-refractivity contribution in [3.63, 3.8) is 0 Å². The SMILES string of the molecule is COc1cc(-c2ccc(COc3cc([C@@H](C)CP(C)(=O)O)ccn3)cc2CN(C(C)C)C(C)C)c(F)cn1. The highest BCUT2D eigenvalue weighted by Gasteiger charge is 2.20. The number of benzene rings is 1. The van der Waals surface area contributed by atoms with Gasteiger partial charge in [-0.1, -0.05) is 25.1 Å². The predicted octanol–water partition coefficient (Wildman–Crippen LogP) is 6.49. The molecule has 0 amide bonds. The molecule has 3 rings (SSSR count). The first kappa shape index (κ1) is 29.8. The molecule has 1 aromatic carbocycles. The number of rotatable bonds is 12. The highest BCUT2D eigenvalue weighted by Crippen LogP contribution is 2.40. The maximum Gasteiger partial charge on any atom is 0.213 e. The van der Waals surface area contributed by atoms with E-state index in [1.54, 1.807) is 12.3 Å². The summed E-state index contributed by atoms with van der Waals surface area (Å²) < 4.78 is 38.0. The smallest absolute Gasteiger partial charge is 0.213 e. The lowest BCUT2D eigenvalue weighted by Crippen LogP contribution is -2.36. The summed E-state index contributed by atoms with van der Waals surface area (Å²) in [7, 11) is -1.63. The van der Waals surface area contributed by atoms with Crippen LogP contribution in [0.15, 0.2) is 48.8 Å². The number of aromatic nitrogens is 2. The lowest BCUT2D eigenvalue weighted by Gasteiger charge is -2.31. The van der Waals surface area contributed by atoms with Crippen molar-refractivity contribution in [2.45, 2.75) is 65.8 Å². The molecule has 1 N–H and O–H groups in total. The largest absolute Gasteiger partial charge is 0.481 e. The van der Waals surface area contributed by atoms with Crippen molar-refractivity contribution in [3.8, 4) is 22.9 Å². The number of hydrogen-bond acceptors (Lipinski definition) is 6. The molecular formula is C29H39FN3O4P. The van der Waals surface area contributed by atoms with Crippen molar-refractivity contribution in [2.75, 3.05) is 19.9 Å². The second-order valence-corrected chi connectivity index (χ2v) is 12.9. The first-order chi connectivity index (χ1) is 17.9. The maximum absolute atomic E-state index is 14.9. The lowest BCUT2D eigenvalue weighted by atomic mass is 9.96. The van der Waals surface area contributed by atoms with E-state index in [4.69, 9.17) is 9.47 Å². The maximum atomic E-state index is 14.9. The van der Waals surface area contributed by atoms with Crippen molar-refractivity contribution in [3.05, 3.63) is 71.3 Å². The van der Waals surface area contributed by atoms with Crippen molar-refractivity contribution in [2.24, 2.45) is 0 Å². The molecule has 0 aliphatic rings. The highest BCUT2D eigenvalue weighted by molar-refractivity contribution is 7.57. The van der Waals surface area contributed by atoms with E-state index < -0.39 is 13.2 Å². The Balaban J connectivity index is 1.91. The predicted molar refractivity (Wildman–Crippen MR) is 150 cm³/mol. The fraction of sp³-hybridized carbons (Fsp3) is 0.448. The van der Waals surface area contributed by atoms with E-state index in [0.717, 1.165) is 22.3 Å². The molecule has 206 valence electrons. The Hall–Kier alpha value is -2.80. The Bertz CT molecular complexity index is 1270. The zero-order valence-corrected chi connectivity index (χ0v) is 24.2. The summed E-state index contributed by atoms with van der Waals surface area (Å²) >= 11 is 0. The topological polar surface area (TPSA) is 84.8 Å². The molecule has 2 heterocycles. The van der Waals surface area contributed by atoms with Gasteiger partial charge in [-0.3, -0.25) is 9.46 Å². The molecule has 0 saturated heterocycles.